The van der Waals surface area contributed by atoms with Crippen molar-refractivity contribution in [2.75, 3.05) is 4.90 Å². The molecule has 0 amide bonds. The van der Waals surface area contributed by atoms with E-state index in [9.17, 15) is 0 Å². The first-order valence-corrected chi connectivity index (χ1v) is 15.3. The molecule has 0 fully saturated rings. The Balaban J connectivity index is 1.34. The number of hydrogen-bond acceptors (Lipinski definition) is 1. The lowest BCUT2D eigenvalue weighted by Gasteiger charge is -2.26. The number of fused-ring (bicyclic) bond motifs is 5. The van der Waals surface area contributed by atoms with Gasteiger partial charge in [-0.3, -0.25) is 0 Å². The topological polar surface area (TPSA) is 8.17 Å². The van der Waals surface area contributed by atoms with E-state index in [-0.39, 0.29) is 0 Å². The van der Waals surface area contributed by atoms with E-state index in [0.29, 0.717) is 0 Å². The van der Waals surface area contributed by atoms with Crippen LogP contribution in [0.4, 0.5) is 17.1 Å². The van der Waals surface area contributed by atoms with Gasteiger partial charge in [0.25, 0.3) is 0 Å². The molecule has 204 valence electrons. The molecule has 8 rings (SSSR count). The number of benzene rings is 7. The van der Waals surface area contributed by atoms with Crippen molar-refractivity contribution in [1.29, 1.82) is 0 Å². The number of hydrogen-bond donors (Lipinski definition) is 0. The predicted octanol–water partition coefficient (Wildman–Crippen LogP) is 11.8. The summed E-state index contributed by atoms with van der Waals surface area (Å²) in [7, 11) is 0. The Morgan fingerprint density at radius 2 is 1.05 bits per heavy atom. The van der Waals surface area contributed by atoms with Crippen LogP contribution in [0.2, 0.25) is 0 Å². The molecule has 8 aromatic rings. The average Bonchev–Trinajstić information content (AvgIpc) is 3.41. The van der Waals surface area contributed by atoms with Crippen molar-refractivity contribution in [2.45, 2.75) is 0 Å². The van der Waals surface area contributed by atoms with Crippen LogP contribution in [-0.2, 0) is 0 Å². The third-order valence-electron chi connectivity index (χ3n) is 8.23. The van der Waals surface area contributed by atoms with E-state index in [1.165, 1.54) is 43.7 Å². The Morgan fingerprint density at radius 3 is 1.79 bits per heavy atom. The smallest absolute Gasteiger partial charge is 0.0619 e. The van der Waals surface area contributed by atoms with Gasteiger partial charge in [0.15, 0.2) is 0 Å². The summed E-state index contributed by atoms with van der Waals surface area (Å²) in [6.07, 6.45) is 0. The van der Waals surface area contributed by atoms with Crippen molar-refractivity contribution < 1.29 is 0 Å². The molecule has 43 heavy (non-hydrogen) atoms. The summed E-state index contributed by atoms with van der Waals surface area (Å²) in [4.78, 5) is 2.34. The zero-order valence-corrected chi connectivity index (χ0v) is 24.9. The van der Waals surface area contributed by atoms with Gasteiger partial charge in [-0.05, 0) is 83.2 Å². The van der Waals surface area contributed by atoms with E-state index in [1.54, 1.807) is 0 Å². The summed E-state index contributed by atoms with van der Waals surface area (Å²) in [6.45, 7) is 0. The maximum Gasteiger partial charge on any atom is 0.0619 e. The maximum absolute atomic E-state index is 3.55. The first-order chi connectivity index (χ1) is 21.2. The van der Waals surface area contributed by atoms with Crippen molar-refractivity contribution in [3.63, 3.8) is 0 Å². The Kier molecular flexibility index (Phi) is 6.31. The highest BCUT2D eigenvalue weighted by Crippen LogP contribution is 2.41. The summed E-state index contributed by atoms with van der Waals surface area (Å²) in [5.74, 6) is 0. The Hall–Kier alpha value is -5.12. The van der Waals surface area contributed by atoms with Crippen LogP contribution in [0.5, 0.6) is 0 Å². The number of para-hydroxylation sites is 2. The molecule has 0 saturated carbocycles. The van der Waals surface area contributed by atoms with Gasteiger partial charge in [0, 0.05) is 43.4 Å². The molecule has 1 heterocycles. The van der Waals surface area contributed by atoms with E-state index in [1.807, 2.05) is 0 Å². The Morgan fingerprint density at radius 1 is 0.442 bits per heavy atom. The number of halogens is 1. The summed E-state index contributed by atoms with van der Waals surface area (Å²) >= 11 is 3.55. The van der Waals surface area contributed by atoms with Crippen LogP contribution >= 0.6 is 15.9 Å². The van der Waals surface area contributed by atoms with Crippen LogP contribution in [0.15, 0.2) is 168 Å². The second kappa shape index (κ2) is 10.6. The molecule has 0 aliphatic heterocycles. The van der Waals surface area contributed by atoms with E-state index in [0.717, 1.165) is 27.2 Å². The minimum Gasteiger partial charge on any atom is -0.310 e. The van der Waals surface area contributed by atoms with Crippen molar-refractivity contribution >= 4 is 65.6 Å². The fourth-order valence-electron chi connectivity index (χ4n) is 6.22. The molecule has 0 N–H and O–H groups in total. The van der Waals surface area contributed by atoms with Gasteiger partial charge >= 0.3 is 0 Å². The maximum atomic E-state index is 3.55. The molecule has 0 aliphatic rings. The average molecular weight is 616 g/mol. The molecule has 0 saturated heterocycles. The highest BCUT2D eigenvalue weighted by atomic mass is 79.9. The number of anilines is 3. The lowest BCUT2D eigenvalue weighted by atomic mass is 10.0. The summed E-state index contributed by atoms with van der Waals surface area (Å²) in [5, 5.41) is 4.98. The zero-order valence-electron chi connectivity index (χ0n) is 23.4. The van der Waals surface area contributed by atoms with Crippen LogP contribution < -0.4 is 4.90 Å². The molecule has 7 aromatic carbocycles. The van der Waals surface area contributed by atoms with E-state index < -0.39 is 0 Å². The molecule has 0 spiro atoms. The molecule has 0 aliphatic carbocycles. The first-order valence-electron chi connectivity index (χ1n) is 14.5. The van der Waals surface area contributed by atoms with Crippen LogP contribution in [0.25, 0.3) is 49.4 Å². The van der Waals surface area contributed by atoms with E-state index >= 15 is 0 Å². The zero-order chi connectivity index (χ0) is 28.8. The Labute approximate surface area is 259 Å². The first kappa shape index (κ1) is 25.6. The van der Waals surface area contributed by atoms with Gasteiger partial charge in [0.05, 0.1) is 11.0 Å². The minimum atomic E-state index is 1.08. The molecule has 0 unspecified atom stereocenters. The molecule has 2 nitrogen and oxygen atoms in total. The molecule has 0 bridgehead atoms. The van der Waals surface area contributed by atoms with Gasteiger partial charge in [-0.15, -0.1) is 0 Å². The second-order valence-corrected chi connectivity index (χ2v) is 11.7. The van der Waals surface area contributed by atoms with Crippen LogP contribution in [0.3, 0.4) is 0 Å². The van der Waals surface area contributed by atoms with E-state index in [4.69, 9.17) is 0 Å². The number of rotatable bonds is 5. The Bertz CT molecular complexity index is 2220. The number of aromatic nitrogens is 1. The van der Waals surface area contributed by atoms with Crippen molar-refractivity contribution in [3.05, 3.63) is 168 Å². The monoisotopic (exact) mass is 614 g/mol. The van der Waals surface area contributed by atoms with E-state index in [2.05, 4.69) is 189 Å². The van der Waals surface area contributed by atoms with Gasteiger partial charge in [-0.2, -0.15) is 0 Å². The molecule has 0 radical (unpaired) electrons. The highest BCUT2D eigenvalue weighted by molar-refractivity contribution is 9.10. The molecule has 3 heteroatoms. The van der Waals surface area contributed by atoms with Crippen molar-refractivity contribution in [1.82, 2.24) is 4.57 Å². The molecular formula is C40H27BrN2. The molecular weight excluding hydrogens is 588 g/mol. The van der Waals surface area contributed by atoms with Crippen LogP contribution in [0, 0.1) is 0 Å². The second-order valence-electron chi connectivity index (χ2n) is 10.8. The third kappa shape index (κ3) is 4.50. The highest BCUT2D eigenvalue weighted by Gasteiger charge is 2.18. The standard InChI is InChI=1S/C40H27BrN2/c41-31-20-15-28(16-21-31)29-17-22-34(23-18-29)42(32-10-3-1-4-11-32)35-24-26-39-38(27-35)37-25-19-30-9-7-8-14-36(30)40(37)43(39)33-12-5-2-6-13-33/h1-27H. The lowest BCUT2D eigenvalue weighted by Crippen LogP contribution is -2.09. The molecule has 0 atom stereocenters. The van der Waals surface area contributed by atoms with Crippen molar-refractivity contribution in [3.8, 4) is 16.8 Å². The normalized spacial score (nSPS) is 11.4. The largest absolute Gasteiger partial charge is 0.310 e. The minimum absolute atomic E-state index is 1.08. The van der Waals surface area contributed by atoms with Gasteiger partial charge in [-0.1, -0.05) is 113 Å². The van der Waals surface area contributed by atoms with Gasteiger partial charge in [0.1, 0.15) is 0 Å². The summed E-state index contributed by atoms with van der Waals surface area (Å²) < 4.78 is 3.50. The fourth-order valence-corrected chi connectivity index (χ4v) is 6.49. The molecule has 1 aromatic heterocycles. The quantitative estimate of drug-likeness (QED) is 0.187. The summed E-state index contributed by atoms with van der Waals surface area (Å²) in [5.41, 5.74) is 9.34. The summed E-state index contributed by atoms with van der Waals surface area (Å²) in [6, 6.07) is 58.7. The lowest BCUT2D eigenvalue weighted by molar-refractivity contribution is 1.18. The van der Waals surface area contributed by atoms with Crippen LogP contribution in [0.1, 0.15) is 0 Å². The SMILES string of the molecule is Brc1ccc(-c2ccc(N(c3ccccc3)c3ccc4c(c3)c3ccc5ccccc5c3n4-c3ccccc3)cc2)cc1. The van der Waals surface area contributed by atoms with Crippen molar-refractivity contribution in [2.24, 2.45) is 0 Å². The number of nitrogens with zero attached hydrogens (tertiary/aromatic N) is 2. The third-order valence-corrected chi connectivity index (χ3v) is 8.75. The van der Waals surface area contributed by atoms with Gasteiger partial charge in [-0.25, -0.2) is 0 Å². The van der Waals surface area contributed by atoms with Gasteiger partial charge < -0.3 is 9.47 Å². The predicted molar refractivity (Wildman–Crippen MR) is 186 cm³/mol. The van der Waals surface area contributed by atoms with Crippen LogP contribution in [-0.4, -0.2) is 4.57 Å². The van der Waals surface area contributed by atoms with Gasteiger partial charge in [0.2, 0.25) is 0 Å². The fraction of sp³-hybridized carbons (Fsp3) is 0.